The van der Waals surface area contributed by atoms with Crippen LogP contribution in [0.4, 0.5) is 4.39 Å². The second-order valence-corrected chi connectivity index (χ2v) is 4.70. The zero-order valence-electron chi connectivity index (χ0n) is 9.32. The third kappa shape index (κ3) is 3.18. The van der Waals surface area contributed by atoms with Crippen LogP contribution in [0.15, 0.2) is 28.9 Å². The molecule has 0 unspecified atom stereocenters. The van der Waals surface area contributed by atoms with Gasteiger partial charge in [0.15, 0.2) is 0 Å². The van der Waals surface area contributed by atoms with Crippen LogP contribution in [0.5, 0.6) is 11.8 Å². The smallest absolute Gasteiger partial charge is 0.322 e. The first kappa shape index (κ1) is 13.7. The summed E-state index contributed by atoms with van der Waals surface area (Å²) in [6, 6.07) is 3.89. The van der Waals surface area contributed by atoms with E-state index in [1.807, 2.05) is 0 Å². The normalized spacial score (nSPS) is 10.3. The van der Waals surface area contributed by atoms with Crippen molar-refractivity contribution in [1.29, 1.82) is 5.41 Å². The van der Waals surface area contributed by atoms with Crippen molar-refractivity contribution >= 4 is 33.4 Å². The van der Waals surface area contributed by atoms with Crippen LogP contribution in [0.3, 0.4) is 0 Å². The molecule has 0 radical (unpaired) electrons. The molecule has 0 aliphatic rings. The Balaban J connectivity index is 2.33. The molecule has 1 heterocycles. The Morgan fingerprint density at radius 1 is 1.47 bits per heavy atom. The van der Waals surface area contributed by atoms with Gasteiger partial charge in [-0.2, -0.15) is 4.98 Å². The van der Waals surface area contributed by atoms with Gasteiger partial charge in [0.05, 0.1) is 9.50 Å². The Kier molecular flexibility index (Phi) is 3.96. The molecule has 8 heteroatoms. The van der Waals surface area contributed by atoms with E-state index in [0.29, 0.717) is 4.47 Å². The van der Waals surface area contributed by atoms with Gasteiger partial charge >= 0.3 is 6.01 Å². The van der Waals surface area contributed by atoms with E-state index in [-0.39, 0.29) is 28.3 Å². The number of nitrogens with zero attached hydrogens (tertiary/aromatic N) is 2. The molecule has 2 aromatic rings. The molecule has 0 spiro atoms. The monoisotopic (exact) mass is 344 g/mol. The second kappa shape index (κ2) is 5.50. The topological polar surface area (TPSA) is 84.9 Å². The van der Waals surface area contributed by atoms with Gasteiger partial charge in [-0.3, -0.25) is 5.41 Å². The molecule has 3 N–H and O–H groups in total. The number of hydrogen-bond donors (Lipinski definition) is 2. The zero-order valence-corrected chi connectivity index (χ0v) is 11.7. The molecule has 0 amide bonds. The van der Waals surface area contributed by atoms with Crippen molar-refractivity contribution in [2.75, 3.05) is 0 Å². The standard InChI is InChI=1S/C11H7BrClFN4O/c12-5-3-6(13)7(14)4-9(5)19-11-17-2-1-8(18-11)10(15)16/h1-4H,(H3,15,16). The third-order valence-corrected chi connectivity index (χ3v) is 2.99. The summed E-state index contributed by atoms with van der Waals surface area (Å²) >= 11 is 8.81. The SMILES string of the molecule is N=C(N)c1ccnc(Oc2cc(F)c(Cl)cc2Br)n1. The lowest BCUT2D eigenvalue weighted by Crippen LogP contribution is -2.13. The number of rotatable bonds is 3. The Labute approximate surface area is 121 Å². The van der Waals surface area contributed by atoms with E-state index in [9.17, 15) is 4.39 Å². The van der Waals surface area contributed by atoms with E-state index in [2.05, 4.69) is 25.9 Å². The van der Waals surface area contributed by atoms with Crippen molar-refractivity contribution in [2.24, 2.45) is 5.73 Å². The molecular formula is C11H7BrClFN4O. The molecule has 1 aromatic heterocycles. The van der Waals surface area contributed by atoms with Crippen molar-refractivity contribution < 1.29 is 9.13 Å². The predicted octanol–water partition coefficient (Wildman–Crippen LogP) is 3.11. The van der Waals surface area contributed by atoms with Crippen molar-refractivity contribution in [3.05, 3.63) is 45.4 Å². The molecule has 0 aliphatic heterocycles. The maximum Gasteiger partial charge on any atom is 0.322 e. The highest BCUT2D eigenvalue weighted by molar-refractivity contribution is 9.10. The molecule has 0 saturated carbocycles. The number of halogens is 3. The highest BCUT2D eigenvalue weighted by Gasteiger charge is 2.11. The van der Waals surface area contributed by atoms with Crippen LogP contribution in [-0.4, -0.2) is 15.8 Å². The Hall–Kier alpha value is -1.73. The van der Waals surface area contributed by atoms with Gasteiger partial charge in [0, 0.05) is 12.3 Å². The van der Waals surface area contributed by atoms with E-state index in [1.54, 1.807) is 0 Å². The molecule has 2 rings (SSSR count). The number of nitrogens with one attached hydrogen (secondary N) is 1. The number of ether oxygens (including phenoxy) is 1. The first-order chi connectivity index (χ1) is 8.97. The molecule has 0 fully saturated rings. The van der Waals surface area contributed by atoms with Crippen molar-refractivity contribution in [3.8, 4) is 11.8 Å². The molecule has 0 saturated heterocycles. The average molecular weight is 346 g/mol. The van der Waals surface area contributed by atoms with Crippen LogP contribution in [0.2, 0.25) is 5.02 Å². The maximum absolute atomic E-state index is 13.3. The minimum Gasteiger partial charge on any atom is -0.423 e. The van der Waals surface area contributed by atoms with E-state index >= 15 is 0 Å². The molecule has 5 nitrogen and oxygen atoms in total. The second-order valence-electron chi connectivity index (χ2n) is 3.44. The van der Waals surface area contributed by atoms with Crippen molar-refractivity contribution in [2.45, 2.75) is 0 Å². The third-order valence-electron chi connectivity index (χ3n) is 2.09. The largest absolute Gasteiger partial charge is 0.423 e. The average Bonchev–Trinajstić information content (AvgIpc) is 2.36. The summed E-state index contributed by atoms with van der Waals surface area (Å²) in [5.41, 5.74) is 5.52. The molecule has 0 aliphatic carbocycles. The van der Waals surface area contributed by atoms with Crippen molar-refractivity contribution in [1.82, 2.24) is 9.97 Å². The van der Waals surface area contributed by atoms with Gasteiger partial charge in [0.2, 0.25) is 0 Å². The first-order valence-electron chi connectivity index (χ1n) is 4.97. The quantitative estimate of drug-likeness (QED) is 0.508. The fourth-order valence-corrected chi connectivity index (χ4v) is 1.94. The fourth-order valence-electron chi connectivity index (χ4n) is 1.22. The van der Waals surface area contributed by atoms with Gasteiger partial charge in [0.1, 0.15) is 23.1 Å². The van der Waals surface area contributed by atoms with Gasteiger partial charge in [-0.15, -0.1) is 0 Å². The highest BCUT2D eigenvalue weighted by Crippen LogP contribution is 2.32. The van der Waals surface area contributed by atoms with Gasteiger partial charge in [-0.25, -0.2) is 9.37 Å². The van der Waals surface area contributed by atoms with Crippen LogP contribution in [0.25, 0.3) is 0 Å². The maximum atomic E-state index is 13.3. The van der Waals surface area contributed by atoms with E-state index in [4.69, 9.17) is 27.5 Å². The summed E-state index contributed by atoms with van der Waals surface area (Å²) in [7, 11) is 0. The molecule has 98 valence electrons. The number of nitrogen functional groups attached to an aromatic ring is 1. The van der Waals surface area contributed by atoms with E-state index < -0.39 is 5.82 Å². The first-order valence-corrected chi connectivity index (χ1v) is 6.14. The summed E-state index contributed by atoms with van der Waals surface area (Å²) in [6.07, 6.45) is 1.39. The summed E-state index contributed by atoms with van der Waals surface area (Å²) in [6.45, 7) is 0. The highest BCUT2D eigenvalue weighted by atomic mass is 79.9. The lowest BCUT2D eigenvalue weighted by Gasteiger charge is -2.07. The van der Waals surface area contributed by atoms with E-state index in [0.717, 1.165) is 6.07 Å². The molecule has 0 bridgehead atoms. The summed E-state index contributed by atoms with van der Waals surface area (Å²) in [5, 5.41) is 7.23. The number of nitrogens with two attached hydrogens (primary N) is 1. The molecule has 1 aromatic carbocycles. The Bertz CT molecular complexity index is 653. The zero-order chi connectivity index (χ0) is 14.0. The molecule has 0 atom stereocenters. The number of amidine groups is 1. The summed E-state index contributed by atoms with van der Waals surface area (Å²) in [4.78, 5) is 7.75. The fraction of sp³-hybridized carbons (Fsp3) is 0. The lowest BCUT2D eigenvalue weighted by molar-refractivity contribution is 0.435. The van der Waals surface area contributed by atoms with Gasteiger partial charge in [-0.05, 0) is 28.1 Å². The number of aromatic nitrogens is 2. The lowest BCUT2D eigenvalue weighted by atomic mass is 10.3. The van der Waals surface area contributed by atoms with Gasteiger partial charge in [0.25, 0.3) is 0 Å². The number of hydrogen-bond acceptors (Lipinski definition) is 4. The summed E-state index contributed by atoms with van der Waals surface area (Å²) in [5.74, 6) is -0.668. The van der Waals surface area contributed by atoms with Crippen LogP contribution in [-0.2, 0) is 0 Å². The molecular weight excluding hydrogens is 339 g/mol. The number of benzene rings is 1. The van der Waals surface area contributed by atoms with Crippen LogP contribution in [0.1, 0.15) is 5.69 Å². The predicted molar refractivity (Wildman–Crippen MR) is 72.2 cm³/mol. The minimum atomic E-state index is -0.623. The summed E-state index contributed by atoms with van der Waals surface area (Å²) < 4.78 is 19.1. The molecule has 19 heavy (non-hydrogen) atoms. The van der Waals surface area contributed by atoms with Crippen LogP contribution in [0, 0.1) is 11.2 Å². The van der Waals surface area contributed by atoms with E-state index in [1.165, 1.54) is 18.3 Å². The minimum absolute atomic E-state index is 0.0300. The van der Waals surface area contributed by atoms with Gasteiger partial charge in [-0.1, -0.05) is 11.6 Å². The van der Waals surface area contributed by atoms with Crippen LogP contribution >= 0.6 is 27.5 Å². The van der Waals surface area contributed by atoms with Gasteiger partial charge < -0.3 is 10.5 Å². The Morgan fingerprint density at radius 2 is 2.21 bits per heavy atom. The van der Waals surface area contributed by atoms with Crippen molar-refractivity contribution in [3.63, 3.8) is 0 Å². The Morgan fingerprint density at radius 3 is 2.89 bits per heavy atom. The van der Waals surface area contributed by atoms with Crippen LogP contribution < -0.4 is 10.5 Å².